The smallest absolute Gasteiger partial charge is 0.00388 e. The van der Waals surface area contributed by atoms with Gasteiger partial charge in [-0.1, -0.05) is 85.0 Å². The maximum Gasteiger partial charge on any atom is -0.00388 e. The molecule has 0 heterocycles. The first kappa shape index (κ1) is 15.3. The van der Waals surface area contributed by atoms with E-state index in [1.807, 2.05) is 6.08 Å². The Labute approximate surface area is 139 Å². The average Bonchev–Trinajstić information content (AvgIpc) is 3.06. The van der Waals surface area contributed by atoms with Gasteiger partial charge in [0.1, 0.15) is 0 Å². The first-order chi connectivity index (χ1) is 11.4. The monoisotopic (exact) mass is 298 g/mol. The zero-order valence-corrected chi connectivity index (χ0v) is 13.4. The highest BCUT2D eigenvalue weighted by molar-refractivity contribution is 5.86. The molecule has 0 saturated carbocycles. The summed E-state index contributed by atoms with van der Waals surface area (Å²) < 4.78 is 0. The van der Waals surface area contributed by atoms with Crippen molar-refractivity contribution in [2.75, 3.05) is 0 Å². The van der Waals surface area contributed by atoms with E-state index in [-0.39, 0.29) is 0 Å². The molecule has 0 heteroatoms. The second kappa shape index (κ2) is 7.60. The Morgan fingerprint density at radius 2 is 1.43 bits per heavy atom. The topological polar surface area (TPSA) is 0 Å². The highest BCUT2D eigenvalue weighted by atomic mass is 14.2. The molecular formula is C23H22. The van der Waals surface area contributed by atoms with Crippen molar-refractivity contribution < 1.29 is 0 Å². The lowest BCUT2D eigenvalue weighted by atomic mass is 9.93. The summed E-state index contributed by atoms with van der Waals surface area (Å²) in [7, 11) is 0. The van der Waals surface area contributed by atoms with Gasteiger partial charge in [0.05, 0.1) is 0 Å². The third-order valence-corrected chi connectivity index (χ3v) is 4.11. The van der Waals surface area contributed by atoms with Gasteiger partial charge in [-0.25, -0.2) is 0 Å². The standard InChI is InChI=1S/C23H22/c1-2-3-6-11-19-16-17-22(18-19)23(20-12-7-4-8-13-20)21-14-9-5-10-15-21/h2,4-5,7-10,12-18H,1,3,6,11H2. The van der Waals surface area contributed by atoms with Crippen molar-refractivity contribution in [1.29, 1.82) is 0 Å². The zero-order chi connectivity index (χ0) is 15.9. The van der Waals surface area contributed by atoms with Crippen molar-refractivity contribution >= 4 is 5.57 Å². The van der Waals surface area contributed by atoms with Crippen LogP contribution in [0, 0.1) is 0 Å². The minimum Gasteiger partial charge on any atom is -0.103 e. The summed E-state index contributed by atoms with van der Waals surface area (Å²) in [6.45, 7) is 3.80. The molecule has 0 spiro atoms. The van der Waals surface area contributed by atoms with Gasteiger partial charge < -0.3 is 0 Å². The van der Waals surface area contributed by atoms with Crippen LogP contribution in [0.2, 0.25) is 0 Å². The van der Waals surface area contributed by atoms with Gasteiger partial charge in [-0.2, -0.15) is 0 Å². The summed E-state index contributed by atoms with van der Waals surface area (Å²) >= 11 is 0. The zero-order valence-electron chi connectivity index (χ0n) is 13.4. The van der Waals surface area contributed by atoms with E-state index in [1.165, 1.54) is 34.3 Å². The van der Waals surface area contributed by atoms with Crippen molar-refractivity contribution in [1.82, 2.24) is 0 Å². The van der Waals surface area contributed by atoms with E-state index < -0.39 is 0 Å². The normalized spacial score (nSPS) is 13.0. The molecule has 0 saturated heterocycles. The molecule has 0 atom stereocenters. The van der Waals surface area contributed by atoms with Crippen LogP contribution in [0.1, 0.15) is 30.4 Å². The molecule has 0 bridgehead atoms. The van der Waals surface area contributed by atoms with E-state index >= 15 is 0 Å². The summed E-state index contributed by atoms with van der Waals surface area (Å²) in [6, 6.07) is 21.3. The first-order valence-electron chi connectivity index (χ1n) is 8.23. The van der Waals surface area contributed by atoms with Crippen molar-refractivity contribution in [3.8, 4) is 0 Å². The number of unbranched alkanes of at least 4 members (excludes halogenated alkanes) is 1. The van der Waals surface area contributed by atoms with Crippen LogP contribution in [0.5, 0.6) is 0 Å². The fourth-order valence-electron chi connectivity index (χ4n) is 2.96. The Kier molecular flexibility index (Phi) is 5.06. The van der Waals surface area contributed by atoms with Crippen LogP contribution in [0.4, 0.5) is 0 Å². The van der Waals surface area contributed by atoms with Gasteiger partial charge in [0.15, 0.2) is 0 Å². The van der Waals surface area contributed by atoms with Gasteiger partial charge >= 0.3 is 0 Å². The van der Waals surface area contributed by atoms with E-state index in [1.54, 1.807) is 0 Å². The molecule has 3 rings (SSSR count). The lowest BCUT2D eigenvalue weighted by Gasteiger charge is -2.11. The van der Waals surface area contributed by atoms with Crippen molar-refractivity contribution in [3.05, 3.63) is 114 Å². The molecule has 0 N–H and O–H groups in total. The second-order valence-corrected chi connectivity index (χ2v) is 5.80. The number of hydrogen-bond acceptors (Lipinski definition) is 0. The highest BCUT2D eigenvalue weighted by Crippen LogP contribution is 2.32. The Balaban J connectivity index is 2.00. The molecule has 0 unspecified atom stereocenters. The SMILES string of the molecule is C=CCCCC1=CC(=C(c2ccccc2)c2ccccc2)C=C1. The van der Waals surface area contributed by atoms with Crippen LogP contribution in [0.3, 0.4) is 0 Å². The van der Waals surface area contributed by atoms with E-state index in [4.69, 9.17) is 0 Å². The molecule has 114 valence electrons. The highest BCUT2D eigenvalue weighted by Gasteiger charge is 2.12. The molecule has 0 radical (unpaired) electrons. The van der Waals surface area contributed by atoms with E-state index in [0.717, 1.165) is 12.8 Å². The number of hydrogen-bond donors (Lipinski definition) is 0. The van der Waals surface area contributed by atoms with Crippen LogP contribution >= 0.6 is 0 Å². The summed E-state index contributed by atoms with van der Waals surface area (Å²) in [4.78, 5) is 0. The number of benzene rings is 2. The average molecular weight is 298 g/mol. The second-order valence-electron chi connectivity index (χ2n) is 5.80. The van der Waals surface area contributed by atoms with Crippen LogP contribution in [-0.4, -0.2) is 0 Å². The predicted molar refractivity (Wildman–Crippen MR) is 100 cm³/mol. The van der Waals surface area contributed by atoms with Crippen LogP contribution in [-0.2, 0) is 0 Å². The molecule has 0 aliphatic heterocycles. The molecule has 0 aromatic heterocycles. The minimum atomic E-state index is 1.08. The molecular weight excluding hydrogens is 276 g/mol. The fourth-order valence-corrected chi connectivity index (χ4v) is 2.96. The van der Waals surface area contributed by atoms with Gasteiger partial charge in [-0.05, 0) is 47.1 Å². The minimum absolute atomic E-state index is 1.08. The summed E-state index contributed by atoms with van der Waals surface area (Å²) in [5, 5.41) is 0. The Hall–Kier alpha value is -2.60. The van der Waals surface area contributed by atoms with Gasteiger partial charge in [0.25, 0.3) is 0 Å². The van der Waals surface area contributed by atoms with Crippen LogP contribution < -0.4 is 0 Å². The van der Waals surface area contributed by atoms with Crippen LogP contribution in [0.25, 0.3) is 5.57 Å². The van der Waals surface area contributed by atoms with E-state index in [9.17, 15) is 0 Å². The third kappa shape index (κ3) is 3.78. The maximum atomic E-state index is 3.80. The molecule has 2 aromatic rings. The Bertz CT molecular complexity index is 702. The molecule has 23 heavy (non-hydrogen) atoms. The van der Waals surface area contributed by atoms with Crippen LogP contribution in [0.15, 0.2) is 103 Å². The molecule has 1 aliphatic rings. The predicted octanol–water partition coefficient (Wildman–Crippen LogP) is 6.34. The molecule has 0 amide bonds. The Morgan fingerprint density at radius 3 is 2.00 bits per heavy atom. The first-order valence-corrected chi connectivity index (χ1v) is 8.23. The molecule has 0 fully saturated rings. The number of allylic oxidation sites excluding steroid dienone is 6. The summed E-state index contributed by atoms with van der Waals surface area (Å²) in [5.41, 5.74) is 6.55. The van der Waals surface area contributed by atoms with Crippen molar-refractivity contribution in [3.63, 3.8) is 0 Å². The Morgan fingerprint density at radius 1 is 0.826 bits per heavy atom. The summed E-state index contributed by atoms with van der Waals surface area (Å²) in [6.07, 6.45) is 12.2. The fraction of sp³-hybridized carbons (Fsp3) is 0.130. The lowest BCUT2D eigenvalue weighted by Crippen LogP contribution is -1.90. The van der Waals surface area contributed by atoms with Gasteiger partial charge in [0.2, 0.25) is 0 Å². The van der Waals surface area contributed by atoms with E-state index in [2.05, 4.69) is 85.5 Å². The summed E-state index contributed by atoms with van der Waals surface area (Å²) in [5.74, 6) is 0. The third-order valence-electron chi connectivity index (χ3n) is 4.11. The molecule has 2 aromatic carbocycles. The number of rotatable bonds is 6. The maximum absolute atomic E-state index is 3.80. The van der Waals surface area contributed by atoms with Crippen molar-refractivity contribution in [2.45, 2.75) is 19.3 Å². The van der Waals surface area contributed by atoms with Gasteiger partial charge in [0, 0.05) is 0 Å². The largest absolute Gasteiger partial charge is 0.103 e. The molecule has 0 nitrogen and oxygen atoms in total. The van der Waals surface area contributed by atoms with Crippen molar-refractivity contribution in [2.24, 2.45) is 0 Å². The van der Waals surface area contributed by atoms with E-state index in [0.29, 0.717) is 0 Å². The quantitative estimate of drug-likeness (QED) is 0.431. The molecule has 1 aliphatic carbocycles. The van der Waals surface area contributed by atoms with Gasteiger partial charge in [-0.3, -0.25) is 0 Å². The van der Waals surface area contributed by atoms with Gasteiger partial charge in [-0.15, -0.1) is 6.58 Å². The lowest BCUT2D eigenvalue weighted by molar-refractivity contribution is 0.849.